The van der Waals surface area contributed by atoms with Crippen molar-refractivity contribution in [1.82, 2.24) is 0 Å². The monoisotopic (exact) mass is 326 g/mol. The maximum atomic E-state index is 12.0. The zero-order valence-corrected chi connectivity index (χ0v) is 12.7. The molecule has 0 saturated heterocycles. The molecule has 0 aliphatic heterocycles. The van der Waals surface area contributed by atoms with Crippen LogP contribution in [0.3, 0.4) is 0 Å². The van der Waals surface area contributed by atoms with E-state index < -0.39 is 5.97 Å². The predicted molar refractivity (Wildman–Crippen MR) is 82.2 cm³/mol. The molecule has 2 aromatic rings. The molecular formula is C14H11ClO3S2. The van der Waals surface area contributed by atoms with E-state index in [1.54, 1.807) is 24.3 Å². The Morgan fingerprint density at radius 2 is 1.85 bits per heavy atom. The van der Waals surface area contributed by atoms with E-state index in [1.807, 2.05) is 12.1 Å². The lowest BCUT2D eigenvalue weighted by molar-refractivity contribution is -0.136. The number of hydrogen-bond donors (Lipinski definition) is 1. The minimum Gasteiger partial charge on any atom is -0.481 e. The van der Waals surface area contributed by atoms with Crippen molar-refractivity contribution in [2.45, 2.75) is 11.3 Å². The van der Waals surface area contributed by atoms with Gasteiger partial charge < -0.3 is 5.11 Å². The number of carboxylic acid groups (broad SMARTS) is 1. The van der Waals surface area contributed by atoms with Crippen molar-refractivity contribution in [3.8, 4) is 0 Å². The third-order valence-corrected chi connectivity index (χ3v) is 4.84. The van der Waals surface area contributed by atoms with E-state index in [1.165, 1.54) is 23.1 Å². The smallest absolute Gasteiger partial charge is 0.308 e. The Bertz CT molecular complexity index is 620. The molecule has 1 heterocycles. The highest BCUT2D eigenvalue weighted by molar-refractivity contribution is 8.00. The molecule has 0 aliphatic carbocycles. The summed E-state index contributed by atoms with van der Waals surface area (Å²) in [7, 11) is 0. The van der Waals surface area contributed by atoms with Gasteiger partial charge in [-0.3, -0.25) is 9.59 Å². The quantitative estimate of drug-likeness (QED) is 0.644. The summed E-state index contributed by atoms with van der Waals surface area (Å²) in [4.78, 5) is 24.9. The highest BCUT2D eigenvalue weighted by Crippen LogP contribution is 2.24. The maximum Gasteiger partial charge on any atom is 0.308 e. The summed E-state index contributed by atoms with van der Waals surface area (Å²) in [6.07, 6.45) is -0.0394. The average Bonchev–Trinajstić information content (AvgIpc) is 2.85. The summed E-state index contributed by atoms with van der Waals surface area (Å²) in [5, 5.41) is 9.36. The van der Waals surface area contributed by atoms with E-state index in [9.17, 15) is 9.59 Å². The Labute approximate surface area is 129 Å². The fraction of sp³-hybridized carbons (Fsp3) is 0.143. The molecule has 0 spiro atoms. The van der Waals surface area contributed by atoms with Crippen molar-refractivity contribution in [2.24, 2.45) is 0 Å². The second-order valence-electron chi connectivity index (χ2n) is 4.00. The van der Waals surface area contributed by atoms with Crippen molar-refractivity contribution in [3.05, 3.63) is 51.2 Å². The lowest BCUT2D eigenvalue weighted by Crippen LogP contribution is -1.99. The summed E-state index contributed by atoms with van der Waals surface area (Å²) in [5.74, 6) is -0.553. The fourth-order valence-corrected chi connectivity index (χ4v) is 3.46. The van der Waals surface area contributed by atoms with Crippen LogP contribution in [-0.2, 0) is 11.2 Å². The zero-order valence-electron chi connectivity index (χ0n) is 10.3. The van der Waals surface area contributed by atoms with Crippen LogP contribution in [0.5, 0.6) is 0 Å². The van der Waals surface area contributed by atoms with Gasteiger partial charge in [0.1, 0.15) is 0 Å². The van der Waals surface area contributed by atoms with Crippen LogP contribution in [0, 0.1) is 0 Å². The third kappa shape index (κ3) is 4.37. The normalized spacial score (nSPS) is 10.4. The molecule has 1 aromatic carbocycles. The number of hydrogen-bond acceptors (Lipinski definition) is 4. The molecule has 2 rings (SSSR count). The van der Waals surface area contributed by atoms with E-state index in [0.717, 1.165) is 4.90 Å². The predicted octanol–water partition coefficient (Wildman–Crippen LogP) is 4.00. The van der Waals surface area contributed by atoms with Gasteiger partial charge in [-0.15, -0.1) is 23.1 Å². The summed E-state index contributed by atoms with van der Waals surface area (Å²) in [6.45, 7) is 0. The fourth-order valence-electron chi connectivity index (χ4n) is 1.52. The Morgan fingerprint density at radius 3 is 2.50 bits per heavy atom. The standard InChI is InChI=1S/C14H11ClO3S2/c15-9-1-3-10(4-2-9)19-8-12(16)13-6-5-11(20-13)7-14(17)18/h1-6H,7-8H2,(H,17,18). The lowest BCUT2D eigenvalue weighted by atomic mass is 10.3. The number of aliphatic carboxylic acids is 1. The van der Waals surface area contributed by atoms with Crippen LogP contribution >= 0.6 is 34.7 Å². The van der Waals surface area contributed by atoms with Crippen LogP contribution in [0.2, 0.25) is 5.02 Å². The second-order valence-corrected chi connectivity index (χ2v) is 6.66. The Hall–Kier alpha value is -1.30. The molecule has 1 aromatic heterocycles. The molecule has 0 aliphatic rings. The first kappa shape index (κ1) is 15.1. The van der Waals surface area contributed by atoms with Gasteiger partial charge in [0.05, 0.1) is 17.1 Å². The molecule has 104 valence electrons. The molecule has 0 saturated carbocycles. The lowest BCUT2D eigenvalue weighted by Gasteiger charge is -2.00. The number of thioether (sulfide) groups is 1. The highest BCUT2D eigenvalue weighted by Gasteiger charge is 2.11. The zero-order chi connectivity index (χ0) is 14.5. The van der Waals surface area contributed by atoms with Crippen LogP contribution in [0.1, 0.15) is 14.5 Å². The SMILES string of the molecule is O=C(O)Cc1ccc(C(=O)CSc2ccc(Cl)cc2)s1. The maximum absolute atomic E-state index is 12.0. The van der Waals surface area contributed by atoms with Crippen LogP contribution in [0.4, 0.5) is 0 Å². The van der Waals surface area contributed by atoms with Crippen molar-refractivity contribution in [3.63, 3.8) is 0 Å². The number of benzene rings is 1. The van der Waals surface area contributed by atoms with Crippen LogP contribution in [0.25, 0.3) is 0 Å². The van der Waals surface area contributed by atoms with Crippen LogP contribution in [-0.4, -0.2) is 22.6 Å². The van der Waals surface area contributed by atoms with Crippen molar-refractivity contribution < 1.29 is 14.7 Å². The van der Waals surface area contributed by atoms with Gasteiger partial charge in [0, 0.05) is 14.8 Å². The van der Waals surface area contributed by atoms with Gasteiger partial charge in [-0.25, -0.2) is 0 Å². The molecule has 0 fully saturated rings. The van der Waals surface area contributed by atoms with Gasteiger partial charge in [0.2, 0.25) is 0 Å². The van der Waals surface area contributed by atoms with Crippen molar-refractivity contribution in [1.29, 1.82) is 0 Å². The number of rotatable bonds is 6. The van der Waals surface area contributed by atoms with Gasteiger partial charge in [0.25, 0.3) is 0 Å². The number of carbonyl (C=O) groups is 2. The largest absolute Gasteiger partial charge is 0.481 e. The van der Waals surface area contributed by atoms with E-state index >= 15 is 0 Å². The van der Waals surface area contributed by atoms with E-state index in [0.29, 0.717) is 20.5 Å². The van der Waals surface area contributed by atoms with E-state index in [2.05, 4.69) is 0 Å². The number of halogens is 1. The number of Topliss-reactive ketones (excluding diaryl/α,β-unsaturated/α-hetero) is 1. The van der Waals surface area contributed by atoms with Gasteiger partial charge in [-0.2, -0.15) is 0 Å². The number of thiophene rings is 1. The molecule has 0 radical (unpaired) electrons. The number of ketones is 1. The van der Waals surface area contributed by atoms with Gasteiger partial charge in [-0.1, -0.05) is 11.6 Å². The molecule has 0 atom stereocenters. The third-order valence-electron chi connectivity index (χ3n) is 2.45. The Kier molecular flexibility index (Phi) is 5.23. The second kappa shape index (κ2) is 6.92. The summed E-state index contributed by atoms with van der Waals surface area (Å²) < 4.78 is 0. The number of carboxylic acids is 1. The first-order valence-corrected chi connectivity index (χ1v) is 7.94. The minimum atomic E-state index is -0.888. The summed E-state index contributed by atoms with van der Waals surface area (Å²) >= 11 is 8.47. The molecule has 0 unspecified atom stereocenters. The molecule has 3 nitrogen and oxygen atoms in total. The van der Waals surface area contributed by atoms with E-state index in [4.69, 9.17) is 16.7 Å². The summed E-state index contributed by atoms with van der Waals surface area (Å²) in [6, 6.07) is 10.7. The topological polar surface area (TPSA) is 54.4 Å². The van der Waals surface area contributed by atoms with Crippen LogP contribution in [0.15, 0.2) is 41.3 Å². The van der Waals surface area contributed by atoms with Crippen molar-refractivity contribution in [2.75, 3.05) is 5.75 Å². The first-order valence-electron chi connectivity index (χ1n) is 5.76. The van der Waals surface area contributed by atoms with Gasteiger partial charge in [0.15, 0.2) is 5.78 Å². The van der Waals surface area contributed by atoms with Crippen LogP contribution < -0.4 is 0 Å². The minimum absolute atomic E-state index is 0.00610. The van der Waals surface area contributed by atoms with Gasteiger partial charge >= 0.3 is 5.97 Å². The van der Waals surface area contributed by atoms with Crippen molar-refractivity contribution >= 4 is 46.5 Å². The highest BCUT2D eigenvalue weighted by atomic mass is 35.5. The summed E-state index contributed by atoms with van der Waals surface area (Å²) in [5.41, 5.74) is 0. The molecule has 0 amide bonds. The molecular weight excluding hydrogens is 316 g/mol. The number of carbonyl (C=O) groups excluding carboxylic acids is 1. The Balaban J connectivity index is 1.93. The molecule has 0 bridgehead atoms. The molecule has 6 heteroatoms. The molecule has 1 N–H and O–H groups in total. The average molecular weight is 327 g/mol. The Morgan fingerprint density at radius 1 is 1.15 bits per heavy atom. The first-order chi connectivity index (χ1) is 9.54. The van der Waals surface area contributed by atoms with E-state index in [-0.39, 0.29) is 12.2 Å². The molecule has 20 heavy (non-hydrogen) atoms. The van der Waals surface area contributed by atoms with Gasteiger partial charge in [-0.05, 0) is 36.4 Å².